The van der Waals surface area contributed by atoms with E-state index in [0.717, 1.165) is 41.2 Å². The lowest BCUT2D eigenvalue weighted by Crippen LogP contribution is -2.04. The van der Waals surface area contributed by atoms with Crippen molar-refractivity contribution in [3.8, 4) is 11.5 Å². The van der Waals surface area contributed by atoms with Crippen molar-refractivity contribution in [3.05, 3.63) is 42.7 Å². The second-order valence-electron chi connectivity index (χ2n) is 4.33. The van der Waals surface area contributed by atoms with Crippen LogP contribution in [0, 0.1) is 0 Å². The Bertz CT molecular complexity index is 657. The van der Waals surface area contributed by atoms with Crippen molar-refractivity contribution in [1.29, 1.82) is 0 Å². The van der Waals surface area contributed by atoms with E-state index in [9.17, 15) is 0 Å². The van der Waals surface area contributed by atoms with Gasteiger partial charge in [-0.1, -0.05) is 25.1 Å². The van der Waals surface area contributed by atoms with E-state index >= 15 is 0 Å². The fraction of sp³-hybridized carbons (Fsp3) is 0.200. The molecule has 0 fully saturated rings. The third kappa shape index (κ3) is 2.29. The van der Waals surface area contributed by atoms with Gasteiger partial charge in [-0.3, -0.25) is 0 Å². The molecule has 4 heteroatoms. The molecule has 0 saturated heterocycles. The summed E-state index contributed by atoms with van der Waals surface area (Å²) in [4.78, 5) is 8.71. The zero-order valence-electron chi connectivity index (χ0n) is 10.8. The van der Waals surface area contributed by atoms with E-state index in [1.54, 1.807) is 12.4 Å². The Morgan fingerprint density at radius 2 is 2.00 bits per heavy atom. The van der Waals surface area contributed by atoms with Crippen molar-refractivity contribution in [2.45, 2.75) is 13.3 Å². The van der Waals surface area contributed by atoms with E-state index in [-0.39, 0.29) is 0 Å². The maximum Gasteiger partial charge on any atom is 0.157 e. The first kappa shape index (κ1) is 11.7. The van der Waals surface area contributed by atoms with E-state index in [0.29, 0.717) is 0 Å². The molecule has 0 aliphatic carbocycles. The molecular weight excluding hydrogens is 238 g/mol. The van der Waals surface area contributed by atoms with Gasteiger partial charge in [0.2, 0.25) is 0 Å². The van der Waals surface area contributed by atoms with Crippen molar-refractivity contribution in [1.82, 2.24) is 9.97 Å². The first-order valence-corrected chi connectivity index (χ1v) is 6.42. The van der Waals surface area contributed by atoms with Crippen LogP contribution >= 0.6 is 0 Å². The molecule has 2 heterocycles. The maximum atomic E-state index is 5.83. The van der Waals surface area contributed by atoms with Crippen LogP contribution in [0.15, 0.2) is 47.1 Å². The van der Waals surface area contributed by atoms with Crippen LogP contribution in [0.5, 0.6) is 0 Å². The van der Waals surface area contributed by atoms with Gasteiger partial charge in [-0.2, -0.15) is 0 Å². The Hall–Kier alpha value is -2.36. The summed E-state index contributed by atoms with van der Waals surface area (Å²) in [6.07, 6.45) is 4.40. The molecule has 1 aromatic carbocycles. The molecule has 0 saturated carbocycles. The molecule has 0 amide bonds. The highest BCUT2D eigenvalue weighted by Gasteiger charge is 2.12. The van der Waals surface area contributed by atoms with Crippen molar-refractivity contribution in [2.75, 3.05) is 11.9 Å². The zero-order valence-corrected chi connectivity index (χ0v) is 10.8. The molecule has 0 radical (unpaired) electrons. The van der Waals surface area contributed by atoms with Crippen LogP contribution in [-0.4, -0.2) is 16.5 Å². The van der Waals surface area contributed by atoms with Crippen LogP contribution in [-0.2, 0) is 0 Å². The Kier molecular flexibility index (Phi) is 3.14. The third-order valence-corrected chi connectivity index (χ3v) is 2.90. The predicted octanol–water partition coefficient (Wildman–Crippen LogP) is 3.71. The number of benzene rings is 1. The maximum absolute atomic E-state index is 5.83. The van der Waals surface area contributed by atoms with Gasteiger partial charge < -0.3 is 9.73 Å². The molecule has 0 aliphatic rings. The minimum atomic E-state index is 0.743. The van der Waals surface area contributed by atoms with E-state index in [2.05, 4.69) is 22.2 Å². The number of hydrogen-bond donors (Lipinski definition) is 1. The van der Waals surface area contributed by atoms with Crippen LogP contribution in [0.1, 0.15) is 13.3 Å². The normalized spacial score (nSPS) is 10.8. The molecular formula is C15H15N3O. The lowest BCUT2D eigenvalue weighted by Gasteiger charge is -2.06. The third-order valence-electron chi connectivity index (χ3n) is 2.90. The number of hydrogen-bond acceptors (Lipinski definition) is 4. The average Bonchev–Trinajstić information content (AvgIpc) is 2.89. The fourth-order valence-electron chi connectivity index (χ4n) is 1.99. The van der Waals surface area contributed by atoms with Crippen LogP contribution in [0.4, 0.5) is 5.82 Å². The van der Waals surface area contributed by atoms with Crippen LogP contribution in [0.25, 0.3) is 22.4 Å². The lowest BCUT2D eigenvalue weighted by atomic mass is 10.2. The second-order valence-corrected chi connectivity index (χ2v) is 4.33. The molecule has 0 aliphatic heterocycles. The molecule has 0 spiro atoms. The van der Waals surface area contributed by atoms with Crippen molar-refractivity contribution < 1.29 is 4.42 Å². The number of aromatic nitrogens is 2. The number of nitrogens with zero attached hydrogens (tertiary/aromatic N) is 2. The highest BCUT2D eigenvalue weighted by molar-refractivity contribution is 5.83. The fourth-order valence-corrected chi connectivity index (χ4v) is 1.99. The molecule has 0 atom stereocenters. The Morgan fingerprint density at radius 3 is 2.84 bits per heavy atom. The number of anilines is 1. The summed E-state index contributed by atoms with van der Waals surface area (Å²) >= 11 is 0. The van der Waals surface area contributed by atoms with E-state index in [1.165, 1.54) is 0 Å². The minimum Gasteiger partial charge on any atom is -0.454 e. The number of furan rings is 1. The molecule has 0 bridgehead atoms. The molecule has 4 nitrogen and oxygen atoms in total. The molecule has 3 rings (SSSR count). The van der Waals surface area contributed by atoms with Gasteiger partial charge in [-0.05, 0) is 18.6 Å². The lowest BCUT2D eigenvalue weighted by molar-refractivity contribution is 0.628. The topological polar surface area (TPSA) is 51.0 Å². The number of nitrogens with one attached hydrogen (secondary N) is 1. The highest BCUT2D eigenvalue weighted by Crippen LogP contribution is 2.29. The Balaban J connectivity index is 2.05. The Morgan fingerprint density at radius 1 is 1.16 bits per heavy atom. The average molecular weight is 253 g/mol. The SMILES string of the molecule is CCCNc1nccnc1-c1cc2ccccc2o1. The van der Waals surface area contributed by atoms with Gasteiger partial charge in [0, 0.05) is 24.3 Å². The second kappa shape index (κ2) is 5.10. The highest BCUT2D eigenvalue weighted by atomic mass is 16.3. The quantitative estimate of drug-likeness (QED) is 0.770. The van der Waals surface area contributed by atoms with Crippen LogP contribution in [0.3, 0.4) is 0 Å². The summed E-state index contributed by atoms with van der Waals surface area (Å²) in [6.45, 7) is 2.98. The summed E-state index contributed by atoms with van der Waals surface area (Å²) in [5, 5.41) is 4.35. The van der Waals surface area contributed by atoms with Gasteiger partial charge in [0.05, 0.1) is 0 Å². The molecule has 3 aromatic rings. The van der Waals surface area contributed by atoms with Gasteiger partial charge >= 0.3 is 0 Å². The summed E-state index contributed by atoms with van der Waals surface area (Å²) in [7, 11) is 0. The number of fused-ring (bicyclic) bond motifs is 1. The molecule has 0 unspecified atom stereocenters. The van der Waals surface area contributed by atoms with E-state index in [4.69, 9.17) is 4.42 Å². The van der Waals surface area contributed by atoms with Gasteiger partial charge in [0.15, 0.2) is 11.6 Å². The van der Waals surface area contributed by atoms with Crippen molar-refractivity contribution >= 4 is 16.8 Å². The Labute approximate surface area is 111 Å². The number of para-hydroxylation sites is 1. The standard InChI is InChI=1S/C15H15N3O/c1-2-7-17-15-14(16-8-9-18-15)13-10-11-5-3-4-6-12(11)19-13/h3-6,8-10H,2,7H2,1H3,(H,17,18). The first-order chi connectivity index (χ1) is 9.38. The molecule has 19 heavy (non-hydrogen) atoms. The van der Waals surface area contributed by atoms with Crippen molar-refractivity contribution in [3.63, 3.8) is 0 Å². The minimum absolute atomic E-state index is 0.743. The van der Waals surface area contributed by atoms with Gasteiger partial charge in [0.1, 0.15) is 11.3 Å². The van der Waals surface area contributed by atoms with E-state index < -0.39 is 0 Å². The van der Waals surface area contributed by atoms with Crippen LogP contribution in [0.2, 0.25) is 0 Å². The van der Waals surface area contributed by atoms with Crippen molar-refractivity contribution in [2.24, 2.45) is 0 Å². The van der Waals surface area contributed by atoms with Gasteiger partial charge in [0.25, 0.3) is 0 Å². The first-order valence-electron chi connectivity index (χ1n) is 6.42. The monoisotopic (exact) mass is 253 g/mol. The van der Waals surface area contributed by atoms with Crippen LogP contribution < -0.4 is 5.32 Å². The molecule has 1 N–H and O–H groups in total. The number of rotatable bonds is 4. The molecule has 96 valence electrons. The van der Waals surface area contributed by atoms with Gasteiger partial charge in [-0.25, -0.2) is 9.97 Å². The zero-order chi connectivity index (χ0) is 13.1. The smallest absolute Gasteiger partial charge is 0.157 e. The largest absolute Gasteiger partial charge is 0.454 e. The summed E-state index contributed by atoms with van der Waals surface area (Å²) in [6, 6.07) is 9.93. The predicted molar refractivity (Wildman–Crippen MR) is 76.0 cm³/mol. The summed E-state index contributed by atoms with van der Waals surface area (Å²) in [5.41, 5.74) is 1.62. The molecule has 2 aromatic heterocycles. The summed E-state index contributed by atoms with van der Waals surface area (Å²) in [5.74, 6) is 1.51. The van der Waals surface area contributed by atoms with Gasteiger partial charge in [-0.15, -0.1) is 0 Å². The van der Waals surface area contributed by atoms with E-state index in [1.807, 2.05) is 30.3 Å². The summed E-state index contributed by atoms with van der Waals surface area (Å²) < 4.78 is 5.83.